The van der Waals surface area contributed by atoms with Gasteiger partial charge in [0.25, 0.3) is 0 Å². The fraction of sp³-hybridized carbons (Fsp3) is 0.750. The summed E-state index contributed by atoms with van der Waals surface area (Å²) in [5.41, 5.74) is 0. The van der Waals surface area contributed by atoms with Crippen LogP contribution >= 0.6 is 0 Å². The third-order valence-corrected chi connectivity index (χ3v) is 2.11. The summed E-state index contributed by atoms with van der Waals surface area (Å²) in [6.45, 7) is 0. The highest BCUT2D eigenvalue weighted by Crippen LogP contribution is 2.25. The molecule has 11 heavy (non-hydrogen) atoms. The van der Waals surface area contributed by atoms with Crippen LogP contribution in [0.4, 0.5) is 0 Å². The first-order valence-electron chi connectivity index (χ1n) is 3.92. The molecular formula is C8H12O3. The van der Waals surface area contributed by atoms with Crippen molar-refractivity contribution in [3.8, 4) is 0 Å². The van der Waals surface area contributed by atoms with Gasteiger partial charge >= 0.3 is 5.97 Å². The van der Waals surface area contributed by atoms with Crippen molar-refractivity contribution in [2.75, 3.05) is 0 Å². The maximum Gasteiger partial charge on any atom is 0.303 e. The zero-order valence-corrected chi connectivity index (χ0v) is 6.38. The lowest BCUT2D eigenvalue weighted by molar-refractivity contribution is -0.137. The second-order valence-electron chi connectivity index (χ2n) is 3.08. The molecule has 1 fully saturated rings. The SMILES string of the molecule is O=C(O)CC[C@@H]1CCC(=O)C1. The van der Waals surface area contributed by atoms with Crippen LogP contribution < -0.4 is 0 Å². The molecule has 3 nitrogen and oxygen atoms in total. The van der Waals surface area contributed by atoms with E-state index < -0.39 is 5.97 Å². The summed E-state index contributed by atoms with van der Waals surface area (Å²) in [6, 6.07) is 0. The largest absolute Gasteiger partial charge is 0.481 e. The van der Waals surface area contributed by atoms with Crippen molar-refractivity contribution in [2.45, 2.75) is 32.1 Å². The topological polar surface area (TPSA) is 54.4 Å². The number of Topliss-reactive ketones (excluding diaryl/α,β-unsaturated/α-hetero) is 1. The van der Waals surface area contributed by atoms with Crippen molar-refractivity contribution in [1.82, 2.24) is 0 Å². The van der Waals surface area contributed by atoms with Gasteiger partial charge in [0.1, 0.15) is 5.78 Å². The van der Waals surface area contributed by atoms with Gasteiger partial charge < -0.3 is 5.11 Å². The Balaban J connectivity index is 2.18. The van der Waals surface area contributed by atoms with Gasteiger partial charge in [-0.1, -0.05) is 0 Å². The molecule has 0 bridgehead atoms. The number of hydrogen-bond acceptors (Lipinski definition) is 2. The number of carbonyl (C=O) groups excluding carboxylic acids is 1. The van der Waals surface area contributed by atoms with Gasteiger partial charge in [-0.2, -0.15) is 0 Å². The average molecular weight is 156 g/mol. The van der Waals surface area contributed by atoms with Gasteiger partial charge in [-0.15, -0.1) is 0 Å². The molecule has 3 heteroatoms. The van der Waals surface area contributed by atoms with E-state index in [2.05, 4.69) is 0 Å². The first-order valence-corrected chi connectivity index (χ1v) is 3.92. The van der Waals surface area contributed by atoms with Crippen LogP contribution in [0.25, 0.3) is 0 Å². The molecule has 1 atom stereocenters. The van der Waals surface area contributed by atoms with Gasteiger partial charge in [0.05, 0.1) is 0 Å². The summed E-state index contributed by atoms with van der Waals surface area (Å²) >= 11 is 0. The molecule has 1 N–H and O–H groups in total. The molecule has 0 aromatic carbocycles. The third kappa shape index (κ3) is 2.70. The van der Waals surface area contributed by atoms with Gasteiger partial charge in [-0.3, -0.25) is 9.59 Å². The Morgan fingerprint density at radius 2 is 2.36 bits per heavy atom. The molecule has 0 saturated heterocycles. The van der Waals surface area contributed by atoms with E-state index in [0.717, 1.165) is 6.42 Å². The Morgan fingerprint density at radius 1 is 1.64 bits per heavy atom. The quantitative estimate of drug-likeness (QED) is 0.668. The van der Waals surface area contributed by atoms with Gasteiger partial charge in [0.15, 0.2) is 0 Å². The summed E-state index contributed by atoms with van der Waals surface area (Å²) in [6.07, 6.45) is 3.03. The van der Waals surface area contributed by atoms with E-state index in [1.807, 2.05) is 0 Å². The fourth-order valence-electron chi connectivity index (χ4n) is 1.47. The second-order valence-corrected chi connectivity index (χ2v) is 3.08. The van der Waals surface area contributed by atoms with Crippen molar-refractivity contribution < 1.29 is 14.7 Å². The molecule has 1 saturated carbocycles. The lowest BCUT2D eigenvalue weighted by Crippen LogP contribution is -2.01. The standard InChI is InChI=1S/C8H12O3/c9-7-3-1-6(5-7)2-4-8(10)11/h6H,1-5H2,(H,10,11)/t6-/m0/s1. The summed E-state index contributed by atoms with van der Waals surface area (Å²) < 4.78 is 0. The Hall–Kier alpha value is -0.860. The molecule has 0 spiro atoms. The normalized spacial score (nSPS) is 24.0. The molecule has 0 heterocycles. The molecule has 0 aliphatic heterocycles. The van der Waals surface area contributed by atoms with Gasteiger partial charge in [-0.25, -0.2) is 0 Å². The molecule has 0 amide bonds. The maximum atomic E-state index is 10.8. The highest BCUT2D eigenvalue weighted by molar-refractivity contribution is 5.80. The lowest BCUT2D eigenvalue weighted by atomic mass is 10.0. The monoisotopic (exact) mass is 156 g/mol. The molecular weight excluding hydrogens is 144 g/mol. The van der Waals surface area contributed by atoms with Crippen molar-refractivity contribution in [3.63, 3.8) is 0 Å². The number of ketones is 1. The average Bonchev–Trinajstić information content (AvgIpc) is 2.31. The zero-order chi connectivity index (χ0) is 8.27. The highest BCUT2D eigenvalue weighted by Gasteiger charge is 2.21. The van der Waals surface area contributed by atoms with Crippen LogP contribution in [0.1, 0.15) is 32.1 Å². The molecule has 0 unspecified atom stereocenters. The summed E-state index contributed by atoms with van der Waals surface area (Å²) in [4.78, 5) is 20.9. The first-order chi connectivity index (χ1) is 5.18. The van der Waals surface area contributed by atoms with Gasteiger partial charge in [0, 0.05) is 19.3 Å². The molecule has 1 rings (SSSR count). The number of hydrogen-bond donors (Lipinski definition) is 1. The molecule has 1 aliphatic carbocycles. The minimum atomic E-state index is -0.760. The smallest absolute Gasteiger partial charge is 0.303 e. The van der Waals surface area contributed by atoms with Crippen LogP contribution in [0.15, 0.2) is 0 Å². The minimum Gasteiger partial charge on any atom is -0.481 e. The van der Waals surface area contributed by atoms with E-state index in [4.69, 9.17) is 5.11 Å². The predicted molar refractivity (Wildman–Crippen MR) is 39.2 cm³/mol. The second kappa shape index (κ2) is 3.51. The van der Waals surface area contributed by atoms with Crippen molar-refractivity contribution in [3.05, 3.63) is 0 Å². The predicted octanol–water partition coefficient (Wildman–Crippen LogP) is 1.22. The van der Waals surface area contributed by atoms with E-state index in [0.29, 0.717) is 31.0 Å². The highest BCUT2D eigenvalue weighted by atomic mass is 16.4. The summed E-state index contributed by atoms with van der Waals surface area (Å²) in [5, 5.41) is 8.35. The Bertz CT molecular complexity index is 174. The molecule has 0 radical (unpaired) electrons. The Kier molecular flexibility index (Phi) is 2.63. The number of carboxylic acid groups (broad SMARTS) is 1. The number of carboxylic acids is 1. The summed E-state index contributed by atoms with van der Waals surface area (Å²) in [5.74, 6) is -0.122. The number of rotatable bonds is 3. The van der Waals surface area contributed by atoms with E-state index >= 15 is 0 Å². The van der Waals surface area contributed by atoms with E-state index in [1.54, 1.807) is 0 Å². The number of aliphatic carboxylic acids is 1. The zero-order valence-electron chi connectivity index (χ0n) is 6.38. The lowest BCUT2D eigenvalue weighted by Gasteiger charge is -2.03. The van der Waals surface area contributed by atoms with Crippen molar-refractivity contribution in [1.29, 1.82) is 0 Å². The van der Waals surface area contributed by atoms with Crippen LogP contribution in [0.2, 0.25) is 0 Å². The Morgan fingerprint density at radius 3 is 2.82 bits per heavy atom. The molecule has 1 aliphatic rings. The first kappa shape index (κ1) is 8.24. The van der Waals surface area contributed by atoms with Crippen LogP contribution in [0.3, 0.4) is 0 Å². The van der Waals surface area contributed by atoms with Crippen LogP contribution in [-0.2, 0) is 9.59 Å². The third-order valence-electron chi connectivity index (χ3n) is 2.11. The van der Waals surface area contributed by atoms with Crippen LogP contribution in [0.5, 0.6) is 0 Å². The van der Waals surface area contributed by atoms with E-state index in [-0.39, 0.29) is 6.42 Å². The molecule has 62 valence electrons. The van der Waals surface area contributed by atoms with Crippen LogP contribution in [-0.4, -0.2) is 16.9 Å². The van der Waals surface area contributed by atoms with Gasteiger partial charge in [0.2, 0.25) is 0 Å². The minimum absolute atomic E-state index is 0.206. The summed E-state index contributed by atoms with van der Waals surface area (Å²) in [7, 11) is 0. The van der Waals surface area contributed by atoms with Crippen molar-refractivity contribution >= 4 is 11.8 Å². The van der Waals surface area contributed by atoms with Gasteiger partial charge in [-0.05, 0) is 18.8 Å². The maximum absolute atomic E-state index is 10.8. The fourth-order valence-corrected chi connectivity index (χ4v) is 1.47. The van der Waals surface area contributed by atoms with Crippen LogP contribution in [0, 0.1) is 5.92 Å². The van der Waals surface area contributed by atoms with E-state index in [1.165, 1.54) is 0 Å². The van der Waals surface area contributed by atoms with E-state index in [9.17, 15) is 9.59 Å². The van der Waals surface area contributed by atoms with Crippen molar-refractivity contribution in [2.24, 2.45) is 5.92 Å². The number of carbonyl (C=O) groups is 2. The molecule has 0 aromatic rings. The Labute approximate surface area is 65.4 Å². The molecule has 0 aromatic heterocycles.